The lowest BCUT2D eigenvalue weighted by molar-refractivity contribution is 0.590. The number of H-pyrrole nitrogens is 1. The Kier molecular flexibility index (Phi) is 3.59. The SMILES string of the molecule is CC(C)(C)c1ccc(-c2n[nH]c(CN)c2Br)cc1. The van der Waals surface area contributed by atoms with E-state index in [0.29, 0.717) is 6.54 Å². The van der Waals surface area contributed by atoms with Crippen LogP contribution in [0.4, 0.5) is 0 Å². The van der Waals surface area contributed by atoms with Crippen molar-refractivity contribution >= 4 is 15.9 Å². The molecule has 18 heavy (non-hydrogen) atoms. The van der Waals surface area contributed by atoms with E-state index in [1.807, 2.05) is 0 Å². The van der Waals surface area contributed by atoms with E-state index in [1.165, 1.54) is 5.56 Å². The first-order valence-corrected chi connectivity index (χ1v) is 6.76. The molecule has 2 aromatic rings. The standard InChI is InChI=1S/C14H18BrN3/c1-14(2,3)10-6-4-9(5-7-10)13-12(15)11(8-16)17-18-13/h4-7H,8,16H2,1-3H3,(H,17,18). The summed E-state index contributed by atoms with van der Waals surface area (Å²) in [5, 5.41) is 7.24. The van der Waals surface area contributed by atoms with Crippen LogP contribution in [0.25, 0.3) is 11.3 Å². The largest absolute Gasteiger partial charge is 0.325 e. The van der Waals surface area contributed by atoms with E-state index in [4.69, 9.17) is 5.73 Å². The van der Waals surface area contributed by atoms with Gasteiger partial charge in [-0.2, -0.15) is 5.10 Å². The van der Waals surface area contributed by atoms with Crippen LogP contribution in [0.1, 0.15) is 32.0 Å². The quantitative estimate of drug-likeness (QED) is 0.890. The van der Waals surface area contributed by atoms with Gasteiger partial charge >= 0.3 is 0 Å². The minimum absolute atomic E-state index is 0.170. The molecule has 0 aliphatic heterocycles. The number of aromatic amines is 1. The van der Waals surface area contributed by atoms with Gasteiger partial charge in [0, 0.05) is 12.1 Å². The first kappa shape index (κ1) is 13.3. The van der Waals surface area contributed by atoms with Gasteiger partial charge in [0.05, 0.1) is 10.2 Å². The Bertz CT molecular complexity index is 535. The van der Waals surface area contributed by atoms with Gasteiger partial charge < -0.3 is 5.73 Å². The van der Waals surface area contributed by atoms with Crippen molar-refractivity contribution in [2.45, 2.75) is 32.7 Å². The smallest absolute Gasteiger partial charge is 0.107 e. The van der Waals surface area contributed by atoms with E-state index in [0.717, 1.165) is 21.4 Å². The van der Waals surface area contributed by atoms with E-state index in [9.17, 15) is 0 Å². The van der Waals surface area contributed by atoms with Crippen LogP contribution >= 0.6 is 15.9 Å². The zero-order valence-corrected chi connectivity index (χ0v) is 12.5. The third-order valence-corrected chi connectivity index (χ3v) is 3.86. The molecule has 0 fully saturated rings. The summed E-state index contributed by atoms with van der Waals surface area (Å²) in [7, 11) is 0. The summed E-state index contributed by atoms with van der Waals surface area (Å²) in [6.45, 7) is 7.07. The van der Waals surface area contributed by atoms with Crippen molar-refractivity contribution < 1.29 is 0 Å². The molecule has 1 heterocycles. The maximum Gasteiger partial charge on any atom is 0.107 e. The first-order chi connectivity index (χ1) is 8.43. The van der Waals surface area contributed by atoms with Crippen molar-refractivity contribution in [3.05, 3.63) is 40.0 Å². The van der Waals surface area contributed by atoms with Crippen molar-refractivity contribution in [1.82, 2.24) is 10.2 Å². The van der Waals surface area contributed by atoms with E-state index in [-0.39, 0.29) is 5.41 Å². The van der Waals surface area contributed by atoms with Gasteiger partial charge in [-0.05, 0) is 26.9 Å². The summed E-state index contributed by atoms with van der Waals surface area (Å²) < 4.78 is 0.952. The Morgan fingerprint density at radius 2 is 1.83 bits per heavy atom. The summed E-state index contributed by atoms with van der Waals surface area (Å²) >= 11 is 3.53. The number of nitrogens with two attached hydrogens (primary N) is 1. The minimum Gasteiger partial charge on any atom is -0.325 e. The van der Waals surface area contributed by atoms with Crippen molar-refractivity contribution in [1.29, 1.82) is 0 Å². The lowest BCUT2D eigenvalue weighted by Crippen LogP contribution is -2.10. The molecular weight excluding hydrogens is 290 g/mol. The van der Waals surface area contributed by atoms with Crippen molar-refractivity contribution in [3.8, 4) is 11.3 Å². The third-order valence-electron chi connectivity index (χ3n) is 3.00. The number of hydrogen-bond donors (Lipinski definition) is 2. The minimum atomic E-state index is 0.170. The van der Waals surface area contributed by atoms with Gasteiger partial charge in [0.2, 0.25) is 0 Å². The molecule has 1 aromatic heterocycles. The van der Waals surface area contributed by atoms with Crippen LogP contribution < -0.4 is 5.73 Å². The Balaban J connectivity index is 2.37. The molecule has 0 unspecified atom stereocenters. The summed E-state index contributed by atoms with van der Waals surface area (Å²) in [5.74, 6) is 0. The summed E-state index contributed by atoms with van der Waals surface area (Å²) in [4.78, 5) is 0. The van der Waals surface area contributed by atoms with Crippen LogP contribution in [0.3, 0.4) is 0 Å². The number of halogens is 1. The number of aromatic nitrogens is 2. The van der Waals surface area contributed by atoms with Crippen LogP contribution in [-0.2, 0) is 12.0 Å². The Labute approximate surface area is 116 Å². The lowest BCUT2D eigenvalue weighted by Gasteiger charge is -2.18. The summed E-state index contributed by atoms with van der Waals surface area (Å²) in [6.07, 6.45) is 0. The number of nitrogens with zero attached hydrogens (tertiary/aromatic N) is 1. The zero-order valence-electron chi connectivity index (χ0n) is 10.9. The highest BCUT2D eigenvalue weighted by atomic mass is 79.9. The van der Waals surface area contributed by atoms with Gasteiger partial charge in [0.1, 0.15) is 5.69 Å². The van der Waals surface area contributed by atoms with Gasteiger partial charge in [-0.3, -0.25) is 5.10 Å². The van der Waals surface area contributed by atoms with E-state index in [1.54, 1.807) is 0 Å². The Morgan fingerprint density at radius 3 is 2.28 bits per heavy atom. The van der Waals surface area contributed by atoms with Crippen LogP contribution in [0, 0.1) is 0 Å². The van der Waals surface area contributed by atoms with E-state index in [2.05, 4.69) is 71.2 Å². The Morgan fingerprint density at radius 1 is 1.22 bits per heavy atom. The highest BCUT2D eigenvalue weighted by Gasteiger charge is 2.15. The van der Waals surface area contributed by atoms with Crippen molar-refractivity contribution in [3.63, 3.8) is 0 Å². The van der Waals surface area contributed by atoms with Gasteiger partial charge in [-0.25, -0.2) is 0 Å². The highest BCUT2D eigenvalue weighted by Crippen LogP contribution is 2.30. The monoisotopic (exact) mass is 307 g/mol. The molecule has 0 aliphatic rings. The number of benzene rings is 1. The predicted octanol–water partition coefficient (Wildman–Crippen LogP) is 3.60. The maximum atomic E-state index is 5.62. The van der Waals surface area contributed by atoms with Crippen molar-refractivity contribution in [2.75, 3.05) is 0 Å². The fraction of sp³-hybridized carbons (Fsp3) is 0.357. The fourth-order valence-corrected chi connectivity index (χ4v) is 2.39. The summed E-state index contributed by atoms with van der Waals surface area (Å²) in [6, 6.07) is 8.50. The molecule has 3 N–H and O–H groups in total. The molecule has 96 valence electrons. The molecule has 0 atom stereocenters. The van der Waals surface area contributed by atoms with Gasteiger partial charge in [-0.15, -0.1) is 0 Å². The topological polar surface area (TPSA) is 54.7 Å². The van der Waals surface area contributed by atoms with E-state index >= 15 is 0 Å². The van der Waals surface area contributed by atoms with Crippen molar-refractivity contribution in [2.24, 2.45) is 5.73 Å². The lowest BCUT2D eigenvalue weighted by atomic mass is 9.86. The van der Waals surface area contributed by atoms with Gasteiger partial charge in [0.25, 0.3) is 0 Å². The number of rotatable bonds is 2. The second-order valence-electron chi connectivity index (χ2n) is 5.40. The molecule has 1 aromatic carbocycles. The molecule has 0 aliphatic carbocycles. The molecule has 0 saturated heterocycles. The van der Waals surface area contributed by atoms with Gasteiger partial charge in [0.15, 0.2) is 0 Å². The number of nitrogens with one attached hydrogen (secondary N) is 1. The fourth-order valence-electron chi connectivity index (χ4n) is 1.82. The second-order valence-corrected chi connectivity index (χ2v) is 6.19. The average Bonchev–Trinajstić information content (AvgIpc) is 2.69. The third kappa shape index (κ3) is 2.49. The van der Waals surface area contributed by atoms with Crippen LogP contribution in [0.2, 0.25) is 0 Å². The highest BCUT2D eigenvalue weighted by molar-refractivity contribution is 9.10. The molecule has 0 bridgehead atoms. The van der Waals surface area contributed by atoms with Crippen LogP contribution in [0.15, 0.2) is 28.7 Å². The molecule has 0 spiro atoms. The van der Waals surface area contributed by atoms with E-state index < -0.39 is 0 Å². The molecule has 3 nitrogen and oxygen atoms in total. The second kappa shape index (κ2) is 4.86. The average molecular weight is 308 g/mol. The molecule has 2 rings (SSSR count). The van der Waals surface area contributed by atoms with Crippen LogP contribution in [0.5, 0.6) is 0 Å². The maximum absolute atomic E-state index is 5.62. The number of hydrogen-bond acceptors (Lipinski definition) is 2. The first-order valence-electron chi connectivity index (χ1n) is 5.97. The molecule has 0 amide bonds. The summed E-state index contributed by atoms with van der Waals surface area (Å²) in [5.41, 5.74) is 10.0. The molecule has 0 radical (unpaired) electrons. The zero-order chi connectivity index (χ0) is 13.3. The molecule has 0 saturated carbocycles. The normalized spacial score (nSPS) is 11.8. The molecular formula is C14H18BrN3. The van der Waals surface area contributed by atoms with Gasteiger partial charge in [-0.1, -0.05) is 45.0 Å². The molecule has 4 heteroatoms. The predicted molar refractivity (Wildman–Crippen MR) is 78.3 cm³/mol. The van der Waals surface area contributed by atoms with Crippen LogP contribution in [-0.4, -0.2) is 10.2 Å². The Hall–Kier alpha value is -1.13.